The number of unbranched alkanes of at least 4 members (excludes halogenated alkanes) is 1. The van der Waals surface area contributed by atoms with Gasteiger partial charge in [0, 0.05) is 19.5 Å². The van der Waals surface area contributed by atoms with E-state index in [9.17, 15) is 9.90 Å². The van der Waals surface area contributed by atoms with Crippen molar-refractivity contribution in [1.82, 2.24) is 10.3 Å². The maximum absolute atomic E-state index is 11.0. The molecule has 1 amide bonds. The highest BCUT2D eigenvalue weighted by Gasteiger charge is 2.32. The molecule has 1 aliphatic rings. The first-order valence-electron chi connectivity index (χ1n) is 6.47. The Balaban J connectivity index is 2.26. The van der Waals surface area contributed by atoms with Crippen LogP contribution in [0.25, 0.3) is 0 Å². The molecule has 1 atom stereocenters. The van der Waals surface area contributed by atoms with E-state index >= 15 is 0 Å². The first-order valence-corrected chi connectivity index (χ1v) is 6.47. The number of hydrogen-bond donors (Lipinski definition) is 3. The van der Waals surface area contributed by atoms with Crippen LogP contribution in [0.15, 0.2) is 0 Å². The smallest absolute Gasteiger partial charge is 0.233 e. The van der Waals surface area contributed by atoms with Crippen molar-refractivity contribution in [3.63, 3.8) is 0 Å². The predicted octanol–water partition coefficient (Wildman–Crippen LogP) is -0.382. The molecule has 1 fully saturated rings. The fourth-order valence-corrected chi connectivity index (χ4v) is 2.38. The molecule has 106 valence electrons. The number of aliphatic hydroxyl groups excluding tert-OH is 1. The predicted molar refractivity (Wildman–Crippen MR) is 68.7 cm³/mol. The summed E-state index contributed by atoms with van der Waals surface area (Å²) < 4.78 is 5.74. The van der Waals surface area contributed by atoms with Gasteiger partial charge in [-0.3, -0.25) is 15.1 Å². The van der Waals surface area contributed by atoms with Gasteiger partial charge >= 0.3 is 0 Å². The molecule has 4 N–H and O–H groups in total. The normalized spacial score (nSPS) is 23.9. The van der Waals surface area contributed by atoms with Crippen LogP contribution >= 0.6 is 0 Å². The van der Waals surface area contributed by atoms with Gasteiger partial charge in [0.25, 0.3) is 0 Å². The van der Waals surface area contributed by atoms with E-state index in [1.807, 2.05) is 13.8 Å². The highest BCUT2D eigenvalue weighted by Crippen LogP contribution is 2.21. The van der Waals surface area contributed by atoms with Crippen LogP contribution < -0.4 is 11.3 Å². The van der Waals surface area contributed by atoms with Gasteiger partial charge in [0.2, 0.25) is 5.91 Å². The molecule has 0 radical (unpaired) electrons. The molecule has 0 aromatic rings. The fourth-order valence-electron chi connectivity index (χ4n) is 2.38. The average Bonchev–Trinajstić information content (AvgIpc) is 2.32. The van der Waals surface area contributed by atoms with Crippen LogP contribution in [-0.2, 0) is 9.53 Å². The lowest BCUT2D eigenvalue weighted by Gasteiger charge is -2.42. The number of nitrogens with two attached hydrogens (primary N) is 1. The van der Waals surface area contributed by atoms with Gasteiger partial charge in [0.05, 0.1) is 18.3 Å². The molecule has 6 nitrogen and oxygen atoms in total. The first kappa shape index (κ1) is 15.4. The average molecular weight is 259 g/mol. The Morgan fingerprint density at radius 1 is 1.56 bits per heavy atom. The molecule has 1 heterocycles. The standard InChI is InChI=1S/C12H25N3O3/c1-12(2)9-15(7-10(8-16)18-12)6-4-3-5-11(17)14-13/h10,16H,3-9,13H2,1-2H3,(H,14,17). The van der Waals surface area contributed by atoms with Crippen LogP contribution in [-0.4, -0.2) is 53.9 Å². The summed E-state index contributed by atoms with van der Waals surface area (Å²) in [6.45, 7) is 6.64. The van der Waals surface area contributed by atoms with Crippen LogP contribution in [0.1, 0.15) is 33.1 Å². The van der Waals surface area contributed by atoms with Gasteiger partial charge < -0.3 is 9.84 Å². The third-order valence-corrected chi connectivity index (χ3v) is 3.04. The summed E-state index contributed by atoms with van der Waals surface area (Å²) in [6, 6.07) is 0. The van der Waals surface area contributed by atoms with E-state index in [4.69, 9.17) is 10.6 Å². The van der Waals surface area contributed by atoms with Gasteiger partial charge in [-0.15, -0.1) is 0 Å². The zero-order chi connectivity index (χ0) is 13.6. The second kappa shape index (κ2) is 7.04. The van der Waals surface area contributed by atoms with Crippen molar-refractivity contribution < 1.29 is 14.6 Å². The van der Waals surface area contributed by atoms with Gasteiger partial charge in [-0.2, -0.15) is 0 Å². The lowest BCUT2D eigenvalue weighted by Crippen LogP contribution is -2.53. The maximum Gasteiger partial charge on any atom is 0.233 e. The third-order valence-electron chi connectivity index (χ3n) is 3.04. The van der Waals surface area contributed by atoms with Gasteiger partial charge in [0.15, 0.2) is 0 Å². The third kappa shape index (κ3) is 5.30. The van der Waals surface area contributed by atoms with Gasteiger partial charge in [-0.05, 0) is 33.2 Å². The van der Waals surface area contributed by atoms with Crippen molar-refractivity contribution >= 4 is 5.91 Å². The van der Waals surface area contributed by atoms with Gasteiger partial charge in [-0.1, -0.05) is 0 Å². The molecule has 0 bridgehead atoms. The monoisotopic (exact) mass is 259 g/mol. The Morgan fingerprint density at radius 3 is 2.89 bits per heavy atom. The molecule has 0 saturated carbocycles. The Morgan fingerprint density at radius 2 is 2.28 bits per heavy atom. The Hall–Kier alpha value is -0.690. The van der Waals surface area contributed by atoms with Crippen LogP contribution in [0.3, 0.4) is 0 Å². The number of nitrogens with one attached hydrogen (secondary N) is 1. The minimum Gasteiger partial charge on any atom is -0.394 e. The number of ether oxygens (including phenoxy) is 1. The number of rotatable bonds is 6. The van der Waals surface area contributed by atoms with Gasteiger partial charge in [-0.25, -0.2) is 5.84 Å². The SMILES string of the molecule is CC1(C)CN(CCCCC(=O)NN)CC(CO)O1. The number of carbonyl (C=O) groups excluding carboxylic acids is 1. The number of carbonyl (C=O) groups is 1. The van der Waals surface area contributed by atoms with Crippen molar-refractivity contribution in [1.29, 1.82) is 0 Å². The second-order valence-corrected chi connectivity index (χ2v) is 5.44. The van der Waals surface area contributed by atoms with E-state index in [-0.39, 0.29) is 24.2 Å². The minimum atomic E-state index is -0.222. The van der Waals surface area contributed by atoms with Crippen molar-refractivity contribution in [2.24, 2.45) is 5.84 Å². The van der Waals surface area contributed by atoms with Crippen molar-refractivity contribution in [2.75, 3.05) is 26.2 Å². The van der Waals surface area contributed by atoms with Crippen molar-refractivity contribution in [3.8, 4) is 0 Å². The van der Waals surface area contributed by atoms with E-state index in [0.717, 1.165) is 32.5 Å². The van der Waals surface area contributed by atoms with Gasteiger partial charge in [0.1, 0.15) is 0 Å². The molecule has 1 aliphatic heterocycles. The van der Waals surface area contributed by atoms with Crippen LogP contribution in [0, 0.1) is 0 Å². The van der Waals surface area contributed by atoms with Crippen molar-refractivity contribution in [2.45, 2.75) is 44.8 Å². The molecule has 0 spiro atoms. The fraction of sp³-hybridized carbons (Fsp3) is 0.917. The molecular formula is C12H25N3O3. The zero-order valence-electron chi connectivity index (χ0n) is 11.3. The quantitative estimate of drug-likeness (QED) is 0.262. The summed E-state index contributed by atoms with van der Waals surface area (Å²) in [5.41, 5.74) is 1.91. The lowest BCUT2D eigenvalue weighted by atomic mass is 10.0. The lowest BCUT2D eigenvalue weighted by molar-refractivity contribution is -0.149. The highest BCUT2D eigenvalue weighted by molar-refractivity contribution is 5.75. The number of hydrazine groups is 1. The first-order chi connectivity index (χ1) is 8.46. The molecule has 0 aromatic heterocycles. The molecule has 1 rings (SSSR count). The molecule has 1 saturated heterocycles. The minimum absolute atomic E-state index is 0.0511. The largest absolute Gasteiger partial charge is 0.394 e. The summed E-state index contributed by atoms with van der Waals surface area (Å²) >= 11 is 0. The Kier molecular flexibility index (Phi) is 6.01. The van der Waals surface area contributed by atoms with Crippen molar-refractivity contribution in [3.05, 3.63) is 0 Å². The van der Waals surface area contributed by atoms with E-state index in [1.165, 1.54) is 0 Å². The van der Waals surface area contributed by atoms with Crippen LogP contribution in [0.2, 0.25) is 0 Å². The molecule has 0 aliphatic carbocycles. The molecule has 6 heteroatoms. The van der Waals surface area contributed by atoms with Crippen LogP contribution in [0.4, 0.5) is 0 Å². The van der Waals surface area contributed by atoms with Crippen LogP contribution in [0.5, 0.6) is 0 Å². The number of nitrogens with zero attached hydrogens (tertiary/aromatic N) is 1. The zero-order valence-corrected chi connectivity index (χ0v) is 11.3. The van der Waals surface area contributed by atoms with E-state index < -0.39 is 0 Å². The summed E-state index contributed by atoms with van der Waals surface area (Å²) in [5, 5.41) is 9.20. The summed E-state index contributed by atoms with van der Waals surface area (Å²) in [4.78, 5) is 13.2. The summed E-state index contributed by atoms with van der Waals surface area (Å²) in [5.74, 6) is 4.89. The molecular weight excluding hydrogens is 234 g/mol. The number of aliphatic hydroxyl groups is 1. The molecule has 1 unspecified atom stereocenters. The van der Waals surface area contributed by atoms with E-state index in [1.54, 1.807) is 0 Å². The summed E-state index contributed by atoms with van der Waals surface area (Å²) in [6.07, 6.45) is 2.13. The number of morpholine rings is 1. The molecule has 18 heavy (non-hydrogen) atoms. The Bertz CT molecular complexity index is 271. The highest BCUT2D eigenvalue weighted by atomic mass is 16.5. The topological polar surface area (TPSA) is 87.8 Å². The number of hydrogen-bond acceptors (Lipinski definition) is 5. The second-order valence-electron chi connectivity index (χ2n) is 5.44. The van der Waals surface area contributed by atoms with E-state index in [2.05, 4.69) is 10.3 Å². The van der Waals surface area contributed by atoms with E-state index in [0.29, 0.717) is 6.42 Å². The Labute approximate surface area is 108 Å². The summed E-state index contributed by atoms with van der Waals surface area (Å²) in [7, 11) is 0. The maximum atomic E-state index is 11.0. The number of amides is 1. The molecule has 0 aromatic carbocycles.